The van der Waals surface area contributed by atoms with Gasteiger partial charge in [-0.15, -0.1) is 0 Å². The number of aliphatic carboxylic acids is 1. The molecule has 6 heteroatoms. The Balaban J connectivity index is 4.18. The first kappa shape index (κ1) is 17.7. The first-order chi connectivity index (χ1) is 8.86. The van der Waals surface area contributed by atoms with Crippen LogP contribution in [-0.4, -0.2) is 55.4 Å². The second-order valence-electron chi connectivity index (χ2n) is 5.22. The van der Waals surface area contributed by atoms with Crippen molar-refractivity contribution in [1.82, 2.24) is 10.2 Å². The Morgan fingerprint density at radius 2 is 1.95 bits per heavy atom. The lowest BCUT2D eigenvalue weighted by Gasteiger charge is -2.25. The molecule has 1 atom stereocenters. The normalized spacial score (nSPS) is 12.3. The largest absolute Gasteiger partial charge is 0.481 e. The Hall–Kier alpha value is -1.30. The summed E-state index contributed by atoms with van der Waals surface area (Å²) in [7, 11) is 1.60. The first-order valence-electron chi connectivity index (χ1n) is 6.60. The average molecular weight is 274 g/mol. The Labute approximate surface area is 115 Å². The van der Waals surface area contributed by atoms with E-state index in [4.69, 9.17) is 9.84 Å². The van der Waals surface area contributed by atoms with Crippen molar-refractivity contribution in [3.63, 3.8) is 0 Å². The Kier molecular flexibility index (Phi) is 8.95. The molecule has 0 aromatic carbocycles. The third-order valence-electron chi connectivity index (χ3n) is 2.56. The predicted molar refractivity (Wildman–Crippen MR) is 73.1 cm³/mol. The number of rotatable bonds is 9. The average Bonchev–Trinajstić information content (AvgIpc) is 2.30. The molecule has 0 saturated carbocycles. The molecule has 2 amide bonds. The molecule has 0 aliphatic carbocycles. The second-order valence-corrected chi connectivity index (χ2v) is 5.22. The molecule has 112 valence electrons. The molecule has 2 N–H and O–H groups in total. The molecule has 1 unspecified atom stereocenters. The molecule has 0 saturated heterocycles. The maximum absolute atomic E-state index is 12.0. The zero-order valence-corrected chi connectivity index (χ0v) is 12.3. The molecule has 19 heavy (non-hydrogen) atoms. The zero-order chi connectivity index (χ0) is 14.8. The molecule has 6 nitrogen and oxygen atoms in total. The van der Waals surface area contributed by atoms with Gasteiger partial charge in [-0.3, -0.25) is 4.79 Å². The van der Waals surface area contributed by atoms with E-state index in [9.17, 15) is 9.59 Å². The summed E-state index contributed by atoms with van der Waals surface area (Å²) in [5.74, 6) is -0.552. The fraction of sp³-hybridized carbons (Fsp3) is 0.846. The summed E-state index contributed by atoms with van der Waals surface area (Å²) in [6, 6.07) is -0.164. The molecule has 0 heterocycles. The van der Waals surface area contributed by atoms with Gasteiger partial charge in [-0.25, -0.2) is 4.79 Å². The van der Waals surface area contributed by atoms with Crippen LogP contribution in [0.25, 0.3) is 0 Å². The van der Waals surface area contributed by atoms with Gasteiger partial charge in [0.25, 0.3) is 0 Å². The van der Waals surface area contributed by atoms with Crippen molar-refractivity contribution in [3.05, 3.63) is 0 Å². The van der Waals surface area contributed by atoms with Gasteiger partial charge in [0.15, 0.2) is 0 Å². The van der Waals surface area contributed by atoms with E-state index in [2.05, 4.69) is 5.32 Å². The van der Waals surface area contributed by atoms with Crippen LogP contribution in [0.5, 0.6) is 0 Å². The Bertz CT molecular complexity index is 282. The van der Waals surface area contributed by atoms with Crippen molar-refractivity contribution in [3.8, 4) is 0 Å². The van der Waals surface area contributed by atoms with Crippen LogP contribution in [0.4, 0.5) is 4.79 Å². The number of carboxylic acids is 1. The molecule has 0 aromatic heterocycles. The van der Waals surface area contributed by atoms with Gasteiger partial charge in [0.05, 0.1) is 6.61 Å². The standard InChI is InChI=1S/C13H26N2O4/c1-10(2)9-15(5-6-19-4)13(18)14-8-11(3)7-12(16)17/h10-11H,5-9H2,1-4H3,(H,14,18)(H,16,17). The van der Waals surface area contributed by atoms with Gasteiger partial charge in [-0.05, 0) is 11.8 Å². The number of carboxylic acid groups (broad SMARTS) is 1. The van der Waals surface area contributed by atoms with Crippen LogP contribution in [0.2, 0.25) is 0 Å². The van der Waals surface area contributed by atoms with E-state index in [0.717, 1.165) is 0 Å². The van der Waals surface area contributed by atoms with Gasteiger partial charge < -0.3 is 20.1 Å². The van der Waals surface area contributed by atoms with E-state index >= 15 is 0 Å². The second kappa shape index (κ2) is 9.61. The lowest BCUT2D eigenvalue weighted by atomic mass is 10.1. The maximum atomic E-state index is 12.0. The van der Waals surface area contributed by atoms with E-state index in [1.807, 2.05) is 13.8 Å². The SMILES string of the molecule is COCCN(CC(C)C)C(=O)NCC(C)CC(=O)O. The molecule has 0 aliphatic rings. The topological polar surface area (TPSA) is 78.9 Å². The number of ether oxygens (including phenoxy) is 1. The van der Waals surface area contributed by atoms with E-state index in [0.29, 0.717) is 32.2 Å². The smallest absolute Gasteiger partial charge is 0.317 e. The lowest BCUT2D eigenvalue weighted by Crippen LogP contribution is -2.44. The fourth-order valence-electron chi connectivity index (χ4n) is 1.66. The number of hydrogen-bond acceptors (Lipinski definition) is 3. The summed E-state index contributed by atoms with van der Waals surface area (Å²) in [6.45, 7) is 7.93. The van der Waals surface area contributed by atoms with Gasteiger partial charge in [-0.1, -0.05) is 20.8 Å². The summed E-state index contributed by atoms with van der Waals surface area (Å²) in [6.07, 6.45) is 0.0581. The van der Waals surface area contributed by atoms with Crippen LogP contribution in [0, 0.1) is 11.8 Å². The lowest BCUT2D eigenvalue weighted by molar-refractivity contribution is -0.137. The number of nitrogens with one attached hydrogen (secondary N) is 1. The molecule has 0 radical (unpaired) electrons. The molecular formula is C13H26N2O4. The van der Waals surface area contributed by atoms with Crippen LogP contribution >= 0.6 is 0 Å². The third kappa shape index (κ3) is 9.30. The highest BCUT2D eigenvalue weighted by atomic mass is 16.5. The number of urea groups is 1. The summed E-state index contributed by atoms with van der Waals surface area (Å²) in [5, 5.41) is 11.4. The fourth-order valence-corrected chi connectivity index (χ4v) is 1.66. The van der Waals surface area contributed by atoms with Gasteiger partial charge in [-0.2, -0.15) is 0 Å². The van der Waals surface area contributed by atoms with Crippen molar-refractivity contribution in [2.75, 3.05) is 33.4 Å². The minimum Gasteiger partial charge on any atom is -0.481 e. The van der Waals surface area contributed by atoms with Crippen molar-refractivity contribution in [1.29, 1.82) is 0 Å². The van der Waals surface area contributed by atoms with Crippen molar-refractivity contribution in [2.45, 2.75) is 27.2 Å². The highest BCUT2D eigenvalue weighted by Crippen LogP contribution is 2.02. The maximum Gasteiger partial charge on any atom is 0.317 e. The Morgan fingerprint density at radius 1 is 1.32 bits per heavy atom. The highest BCUT2D eigenvalue weighted by Gasteiger charge is 2.16. The number of amides is 2. The van der Waals surface area contributed by atoms with Crippen molar-refractivity contribution < 1.29 is 19.4 Å². The molecule has 0 aliphatic heterocycles. The molecule has 0 spiro atoms. The van der Waals surface area contributed by atoms with E-state index < -0.39 is 5.97 Å². The monoisotopic (exact) mass is 274 g/mol. The third-order valence-corrected chi connectivity index (χ3v) is 2.56. The first-order valence-corrected chi connectivity index (χ1v) is 6.60. The molecule has 0 fully saturated rings. The number of carbonyl (C=O) groups is 2. The van der Waals surface area contributed by atoms with Crippen molar-refractivity contribution in [2.24, 2.45) is 11.8 Å². The number of hydrogen-bond donors (Lipinski definition) is 2. The van der Waals surface area contributed by atoms with Crippen LogP contribution in [-0.2, 0) is 9.53 Å². The summed E-state index contributed by atoms with van der Waals surface area (Å²) >= 11 is 0. The van der Waals surface area contributed by atoms with E-state index in [1.165, 1.54) is 0 Å². The molecule has 0 rings (SSSR count). The van der Waals surface area contributed by atoms with Crippen LogP contribution < -0.4 is 5.32 Å². The van der Waals surface area contributed by atoms with Crippen LogP contribution in [0.15, 0.2) is 0 Å². The molecule has 0 aromatic rings. The summed E-state index contributed by atoms with van der Waals surface area (Å²) in [5.41, 5.74) is 0. The molecular weight excluding hydrogens is 248 g/mol. The van der Waals surface area contributed by atoms with E-state index in [1.54, 1.807) is 18.9 Å². The molecule has 0 bridgehead atoms. The zero-order valence-electron chi connectivity index (χ0n) is 12.3. The summed E-state index contributed by atoms with van der Waals surface area (Å²) < 4.78 is 4.98. The highest BCUT2D eigenvalue weighted by molar-refractivity contribution is 5.74. The quantitative estimate of drug-likeness (QED) is 0.666. The summed E-state index contributed by atoms with van der Waals surface area (Å²) in [4.78, 5) is 24.2. The number of nitrogens with zero attached hydrogens (tertiary/aromatic N) is 1. The van der Waals surface area contributed by atoms with Gasteiger partial charge in [0.2, 0.25) is 0 Å². The van der Waals surface area contributed by atoms with Gasteiger partial charge in [0.1, 0.15) is 0 Å². The minimum absolute atomic E-state index is 0.0581. The number of carbonyl (C=O) groups excluding carboxylic acids is 1. The predicted octanol–water partition coefficient (Wildman–Crippen LogP) is 1.41. The van der Waals surface area contributed by atoms with Crippen molar-refractivity contribution >= 4 is 12.0 Å². The van der Waals surface area contributed by atoms with Gasteiger partial charge in [0, 0.05) is 33.2 Å². The Morgan fingerprint density at radius 3 is 2.42 bits per heavy atom. The van der Waals surface area contributed by atoms with Crippen LogP contribution in [0.1, 0.15) is 27.2 Å². The van der Waals surface area contributed by atoms with Crippen LogP contribution in [0.3, 0.4) is 0 Å². The number of methoxy groups -OCH3 is 1. The van der Waals surface area contributed by atoms with E-state index in [-0.39, 0.29) is 18.4 Å². The van der Waals surface area contributed by atoms with Gasteiger partial charge >= 0.3 is 12.0 Å². The minimum atomic E-state index is -0.847.